The van der Waals surface area contributed by atoms with Crippen LogP contribution >= 0.6 is 11.3 Å². The van der Waals surface area contributed by atoms with Crippen LogP contribution < -0.4 is 4.80 Å². The zero-order valence-electron chi connectivity index (χ0n) is 14.2. The summed E-state index contributed by atoms with van der Waals surface area (Å²) < 4.78 is 1.90. The van der Waals surface area contributed by atoms with Crippen molar-refractivity contribution in [3.05, 3.63) is 75.9 Å². The monoisotopic (exact) mass is 335 g/mol. The quantitative estimate of drug-likeness (QED) is 0.616. The second-order valence-corrected chi connectivity index (χ2v) is 6.71. The van der Waals surface area contributed by atoms with Gasteiger partial charge in [0.05, 0.1) is 11.9 Å². The molecule has 4 heteroatoms. The second kappa shape index (κ2) is 7.41. The molecule has 0 aliphatic heterocycles. The molecular formula is C20H21N3S. The Morgan fingerprint density at radius 1 is 1.00 bits per heavy atom. The number of aromatic nitrogens is 1. The zero-order valence-corrected chi connectivity index (χ0v) is 15.0. The molecule has 0 atom stereocenters. The summed E-state index contributed by atoms with van der Waals surface area (Å²) >= 11 is 1.60. The molecule has 0 amide bonds. The van der Waals surface area contributed by atoms with Gasteiger partial charge in [-0.25, -0.2) is 4.68 Å². The minimum absolute atomic E-state index is 0.539. The molecule has 3 aromatic rings. The number of thiazole rings is 1. The Labute approximate surface area is 146 Å². The van der Waals surface area contributed by atoms with Gasteiger partial charge in [0.25, 0.3) is 0 Å². The molecule has 0 radical (unpaired) electrons. The Morgan fingerprint density at radius 2 is 1.71 bits per heavy atom. The first kappa shape index (κ1) is 16.4. The summed E-state index contributed by atoms with van der Waals surface area (Å²) in [6.45, 7) is 4.40. The van der Waals surface area contributed by atoms with Gasteiger partial charge in [0, 0.05) is 18.0 Å². The third-order valence-corrected chi connectivity index (χ3v) is 4.78. The molecule has 2 aromatic carbocycles. The summed E-state index contributed by atoms with van der Waals surface area (Å²) in [5.41, 5.74) is 4.61. The first-order valence-corrected chi connectivity index (χ1v) is 8.90. The summed E-state index contributed by atoms with van der Waals surface area (Å²) in [5.74, 6) is 0.539. The van der Waals surface area contributed by atoms with Crippen molar-refractivity contribution in [3.63, 3.8) is 0 Å². The van der Waals surface area contributed by atoms with Gasteiger partial charge in [0.15, 0.2) is 0 Å². The lowest BCUT2D eigenvalue weighted by Crippen LogP contribution is -2.11. The number of rotatable bonds is 4. The molecule has 1 aromatic heterocycles. The highest BCUT2D eigenvalue weighted by atomic mass is 32.1. The van der Waals surface area contributed by atoms with Gasteiger partial charge in [-0.3, -0.25) is 4.99 Å². The Bertz CT molecular complexity index is 885. The van der Waals surface area contributed by atoms with Crippen LogP contribution in [-0.4, -0.2) is 17.9 Å². The summed E-state index contributed by atoms with van der Waals surface area (Å²) in [6, 6.07) is 18.8. The molecule has 3 nitrogen and oxygen atoms in total. The molecule has 0 aliphatic carbocycles. The van der Waals surface area contributed by atoms with Crippen LogP contribution in [-0.2, 0) is 0 Å². The maximum absolute atomic E-state index is 4.67. The fraction of sp³-hybridized carbons (Fsp3) is 0.200. The SMILES string of the molecule is CN=c1scc(-c2ccccc2)n1N=Cc1ccc(C(C)C)cc1. The lowest BCUT2D eigenvalue weighted by molar-refractivity contribution is 0.848. The van der Waals surface area contributed by atoms with Crippen LogP contribution in [0.5, 0.6) is 0 Å². The van der Waals surface area contributed by atoms with Crippen LogP contribution in [0.2, 0.25) is 0 Å². The smallest absolute Gasteiger partial charge is 0.205 e. The van der Waals surface area contributed by atoms with Gasteiger partial charge in [-0.15, -0.1) is 11.3 Å². The summed E-state index contributed by atoms with van der Waals surface area (Å²) in [6.07, 6.45) is 1.89. The van der Waals surface area contributed by atoms with Crippen molar-refractivity contribution in [1.29, 1.82) is 0 Å². The molecule has 0 unspecified atom stereocenters. The van der Waals surface area contributed by atoms with E-state index >= 15 is 0 Å². The molecule has 0 saturated heterocycles. The Kier molecular flexibility index (Phi) is 5.06. The third kappa shape index (κ3) is 3.54. The normalized spacial score (nSPS) is 12.4. The molecule has 0 fully saturated rings. The van der Waals surface area contributed by atoms with Crippen LogP contribution in [0.3, 0.4) is 0 Å². The minimum Gasteiger partial charge on any atom is -0.261 e. The predicted octanol–water partition coefficient (Wildman–Crippen LogP) is 4.75. The summed E-state index contributed by atoms with van der Waals surface area (Å²) in [5, 5.41) is 6.76. The molecule has 3 rings (SSSR count). The van der Waals surface area contributed by atoms with E-state index in [2.05, 4.69) is 65.7 Å². The van der Waals surface area contributed by atoms with Crippen molar-refractivity contribution >= 4 is 17.6 Å². The van der Waals surface area contributed by atoms with Gasteiger partial charge >= 0.3 is 0 Å². The highest BCUT2D eigenvalue weighted by molar-refractivity contribution is 7.07. The molecule has 122 valence electrons. The minimum atomic E-state index is 0.539. The highest BCUT2D eigenvalue weighted by Gasteiger charge is 2.06. The maximum Gasteiger partial charge on any atom is 0.205 e. The number of hydrogen-bond donors (Lipinski definition) is 0. The van der Waals surface area contributed by atoms with Gasteiger partial charge < -0.3 is 0 Å². The lowest BCUT2D eigenvalue weighted by atomic mass is 10.0. The Balaban J connectivity index is 1.96. The summed E-state index contributed by atoms with van der Waals surface area (Å²) in [4.78, 5) is 5.21. The molecule has 24 heavy (non-hydrogen) atoms. The number of hydrogen-bond acceptors (Lipinski definition) is 3. The van der Waals surface area contributed by atoms with Crippen molar-refractivity contribution < 1.29 is 0 Å². The standard InChI is InChI=1S/C20H21N3S/c1-15(2)17-11-9-16(10-12-17)13-22-23-19(14-24-20(23)21-3)18-7-5-4-6-8-18/h4-15H,1-3H3. The van der Waals surface area contributed by atoms with E-state index in [1.54, 1.807) is 18.4 Å². The van der Waals surface area contributed by atoms with Crippen LogP contribution in [0.15, 0.2) is 70.1 Å². The van der Waals surface area contributed by atoms with Crippen molar-refractivity contribution in [2.75, 3.05) is 7.05 Å². The number of nitrogens with zero attached hydrogens (tertiary/aromatic N) is 3. The molecule has 0 N–H and O–H groups in total. The van der Waals surface area contributed by atoms with E-state index in [0.717, 1.165) is 21.6 Å². The first-order valence-electron chi connectivity index (χ1n) is 8.02. The fourth-order valence-corrected chi connectivity index (χ4v) is 3.26. The van der Waals surface area contributed by atoms with Crippen LogP contribution in [0.1, 0.15) is 30.9 Å². The number of benzene rings is 2. The molecule has 0 bridgehead atoms. The molecule has 1 heterocycles. The van der Waals surface area contributed by atoms with Crippen molar-refractivity contribution in [2.24, 2.45) is 10.1 Å². The first-order chi connectivity index (χ1) is 11.7. The predicted molar refractivity (Wildman–Crippen MR) is 103 cm³/mol. The largest absolute Gasteiger partial charge is 0.261 e. The van der Waals surface area contributed by atoms with Crippen LogP contribution in [0, 0.1) is 0 Å². The zero-order chi connectivity index (χ0) is 16.9. The van der Waals surface area contributed by atoms with Gasteiger partial charge in [0.1, 0.15) is 0 Å². The lowest BCUT2D eigenvalue weighted by Gasteiger charge is -2.05. The molecule has 0 aliphatic rings. The van der Waals surface area contributed by atoms with E-state index in [4.69, 9.17) is 0 Å². The van der Waals surface area contributed by atoms with Gasteiger partial charge in [-0.05, 0) is 17.0 Å². The Morgan fingerprint density at radius 3 is 2.33 bits per heavy atom. The van der Waals surface area contributed by atoms with Crippen LogP contribution in [0.25, 0.3) is 11.3 Å². The van der Waals surface area contributed by atoms with Crippen molar-refractivity contribution in [3.8, 4) is 11.3 Å². The van der Waals surface area contributed by atoms with Crippen molar-refractivity contribution in [2.45, 2.75) is 19.8 Å². The molecular weight excluding hydrogens is 314 g/mol. The fourth-order valence-electron chi connectivity index (χ4n) is 2.46. The maximum atomic E-state index is 4.67. The van der Waals surface area contributed by atoms with E-state index in [9.17, 15) is 0 Å². The van der Waals surface area contributed by atoms with E-state index in [1.165, 1.54) is 5.56 Å². The topological polar surface area (TPSA) is 29.6 Å². The van der Waals surface area contributed by atoms with E-state index in [-0.39, 0.29) is 0 Å². The highest BCUT2D eigenvalue weighted by Crippen LogP contribution is 2.19. The average molecular weight is 335 g/mol. The average Bonchev–Trinajstić information content (AvgIpc) is 3.04. The Hall–Kier alpha value is -2.46. The van der Waals surface area contributed by atoms with E-state index in [1.807, 2.05) is 29.1 Å². The third-order valence-electron chi connectivity index (χ3n) is 3.87. The molecule has 0 spiro atoms. The summed E-state index contributed by atoms with van der Waals surface area (Å²) in [7, 11) is 1.80. The van der Waals surface area contributed by atoms with E-state index < -0.39 is 0 Å². The van der Waals surface area contributed by atoms with Crippen molar-refractivity contribution in [1.82, 2.24) is 4.68 Å². The van der Waals surface area contributed by atoms with Gasteiger partial charge in [-0.1, -0.05) is 68.4 Å². The molecule has 0 saturated carbocycles. The second-order valence-electron chi connectivity index (χ2n) is 5.87. The van der Waals surface area contributed by atoms with E-state index in [0.29, 0.717) is 5.92 Å². The van der Waals surface area contributed by atoms with Crippen LogP contribution in [0.4, 0.5) is 0 Å². The van der Waals surface area contributed by atoms with Gasteiger partial charge in [-0.2, -0.15) is 5.10 Å². The van der Waals surface area contributed by atoms with Gasteiger partial charge in [0.2, 0.25) is 4.80 Å².